The zero-order valence-electron chi connectivity index (χ0n) is 22.1. The lowest BCUT2D eigenvalue weighted by Gasteiger charge is -2.73. The van der Waals surface area contributed by atoms with Crippen LogP contribution in [0.25, 0.3) is 0 Å². The Hall–Kier alpha value is -0.0800. The summed E-state index contributed by atoms with van der Waals surface area (Å²) < 4.78 is 6.71. The van der Waals surface area contributed by atoms with E-state index in [0.29, 0.717) is 39.1 Å². The van der Waals surface area contributed by atoms with Crippen LogP contribution in [0.15, 0.2) is 0 Å². The first kappa shape index (κ1) is 22.4. The summed E-state index contributed by atoms with van der Waals surface area (Å²) in [6.45, 7) is 18.9. The minimum atomic E-state index is -0.122. The average Bonchev–Trinajstić information content (AvgIpc) is 3.05. The summed E-state index contributed by atoms with van der Waals surface area (Å²) >= 11 is 0. The second-order valence-electron chi connectivity index (χ2n) is 15.7. The van der Waals surface area contributed by atoms with E-state index in [1.807, 2.05) is 0 Å². The lowest BCUT2D eigenvalue weighted by Crippen LogP contribution is -2.67. The molecular formula is C30H50O2. The molecule has 32 heavy (non-hydrogen) atoms. The Labute approximate surface area is 197 Å². The Kier molecular flexibility index (Phi) is 4.46. The normalized spacial score (nSPS) is 60.0. The predicted octanol–water partition coefficient (Wildman–Crippen LogP) is 7.24. The van der Waals surface area contributed by atoms with Crippen molar-refractivity contribution in [3.8, 4) is 0 Å². The van der Waals surface area contributed by atoms with Crippen molar-refractivity contribution < 1.29 is 9.84 Å². The molecule has 1 heterocycles. The summed E-state index contributed by atoms with van der Waals surface area (Å²) in [5.41, 5.74) is 2.16. The van der Waals surface area contributed by atoms with Crippen LogP contribution in [0.5, 0.6) is 0 Å². The molecule has 2 heteroatoms. The van der Waals surface area contributed by atoms with Crippen molar-refractivity contribution in [3.05, 3.63) is 0 Å². The molecular weight excluding hydrogens is 392 g/mol. The van der Waals surface area contributed by atoms with Gasteiger partial charge in [-0.05, 0) is 120 Å². The second-order valence-corrected chi connectivity index (χ2v) is 15.7. The van der Waals surface area contributed by atoms with Crippen LogP contribution in [0.4, 0.5) is 0 Å². The summed E-state index contributed by atoms with van der Waals surface area (Å²) in [6, 6.07) is 0. The molecule has 2 bridgehead atoms. The molecule has 6 aliphatic rings. The van der Waals surface area contributed by atoms with Crippen LogP contribution in [0.2, 0.25) is 0 Å². The molecule has 0 amide bonds. The predicted molar refractivity (Wildman–Crippen MR) is 130 cm³/mol. The number of aliphatic hydroxyl groups is 1. The number of aliphatic hydroxyl groups excluding tert-OH is 1. The highest BCUT2D eigenvalue weighted by Crippen LogP contribution is 2.78. The molecule has 0 unspecified atom stereocenters. The summed E-state index contributed by atoms with van der Waals surface area (Å²) in [6.07, 6.45) is 13.7. The lowest BCUT2D eigenvalue weighted by molar-refractivity contribution is -0.252. The largest absolute Gasteiger partial charge is 0.393 e. The molecule has 2 nitrogen and oxygen atoms in total. The number of fused-ring (bicyclic) bond motifs is 5. The molecule has 1 saturated heterocycles. The zero-order chi connectivity index (χ0) is 22.9. The van der Waals surface area contributed by atoms with Crippen molar-refractivity contribution in [1.29, 1.82) is 0 Å². The summed E-state index contributed by atoms with van der Waals surface area (Å²) in [5.74, 6) is 3.11. The van der Waals surface area contributed by atoms with Gasteiger partial charge in [-0.15, -0.1) is 0 Å². The number of hydrogen-bond donors (Lipinski definition) is 1. The van der Waals surface area contributed by atoms with Crippen molar-refractivity contribution in [1.82, 2.24) is 0 Å². The van der Waals surface area contributed by atoms with Gasteiger partial charge < -0.3 is 9.84 Å². The van der Waals surface area contributed by atoms with E-state index in [1.165, 1.54) is 57.8 Å². The first-order valence-corrected chi connectivity index (χ1v) is 14.1. The molecule has 0 spiro atoms. The highest BCUT2D eigenvalue weighted by atomic mass is 16.5. The van der Waals surface area contributed by atoms with E-state index in [9.17, 15) is 5.11 Å². The highest BCUT2D eigenvalue weighted by Gasteiger charge is 2.72. The van der Waals surface area contributed by atoms with Gasteiger partial charge in [0.05, 0.1) is 18.8 Å². The van der Waals surface area contributed by atoms with Gasteiger partial charge in [0.2, 0.25) is 0 Å². The summed E-state index contributed by atoms with van der Waals surface area (Å²) in [5, 5.41) is 10.9. The molecule has 5 aliphatic carbocycles. The molecule has 0 radical (unpaired) electrons. The number of hydrogen-bond acceptors (Lipinski definition) is 2. The molecule has 1 N–H and O–H groups in total. The molecule has 0 aromatic heterocycles. The Morgan fingerprint density at radius 1 is 0.688 bits per heavy atom. The van der Waals surface area contributed by atoms with Crippen LogP contribution < -0.4 is 0 Å². The van der Waals surface area contributed by atoms with Gasteiger partial charge in [-0.25, -0.2) is 0 Å². The maximum absolute atomic E-state index is 10.9. The van der Waals surface area contributed by atoms with Crippen molar-refractivity contribution in [2.75, 3.05) is 6.61 Å². The minimum Gasteiger partial charge on any atom is -0.393 e. The Bertz CT molecular complexity index is 801. The molecule has 0 aromatic rings. The second kappa shape index (κ2) is 6.37. The van der Waals surface area contributed by atoms with Crippen LogP contribution in [-0.2, 0) is 4.74 Å². The maximum atomic E-state index is 10.9. The first-order chi connectivity index (χ1) is 14.8. The van der Waals surface area contributed by atoms with E-state index in [4.69, 9.17) is 4.74 Å². The average molecular weight is 443 g/mol. The van der Waals surface area contributed by atoms with E-state index in [-0.39, 0.29) is 11.5 Å². The fourth-order valence-electron chi connectivity index (χ4n) is 12.0. The molecule has 1 aliphatic heterocycles. The summed E-state index contributed by atoms with van der Waals surface area (Å²) in [7, 11) is 0. The van der Waals surface area contributed by atoms with Crippen molar-refractivity contribution >= 4 is 0 Å². The van der Waals surface area contributed by atoms with Gasteiger partial charge in [-0.3, -0.25) is 0 Å². The van der Waals surface area contributed by atoms with Crippen molar-refractivity contribution in [2.24, 2.45) is 56.2 Å². The third-order valence-corrected chi connectivity index (χ3v) is 14.1. The molecule has 182 valence electrons. The van der Waals surface area contributed by atoms with Crippen molar-refractivity contribution in [3.63, 3.8) is 0 Å². The van der Waals surface area contributed by atoms with E-state index < -0.39 is 0 Å². The number of rotatable bonds is 0. The third kappa shape index (κ3) is 2.41. The third-order valence-electron chi connectivity index (χ3n) is 14.1. The van der Waals surface area contributed by atoms with Crippen molar-refractivity contribution in [2.45, 2.75) is 125 Å². The van der Waals surface area contributed by atoms with Gasteiger partial charge >= 0.3 is 0 Å². The van der Waals surface area contributed by atoms with Crippen LogP contribution in [0.1, 0.15) is 113 Å². The fraction of sp³-hybridized carbons (Fsp3) is 1.00. The van der Waals surface area contributed by atoms with Crippen LogP contribution >= 0.6 is 0 Å². The SMILES string of the molecule is CC1(C)CC[C@]23CC[C@]4(C)[C@@H](CC[C@@H]5[C@@]6(C)CC[C@H](O)C(C)(C)[C@@H]6CC[C@]54C)[C@H]2[C@H]1OC3. The smallest absolute Gasteiger partial charge is 0.0663 e. The van der Waals surface area contributed by atoms with Crippen LogP contribution in [0, 0.1) is 56.2 Å². The maximum Gasteiger partial charge on any atom is 0.0663 e. The van der Waals surface area contributed by atoms with Gasteiger partial charge in [0.1, 0.15) is 0 Å². The quantitative estimate of drug-likeness (QED) is 0.428. The first-order valence-electron chi connectivity index (χ1n) is 14.1. The molecule has 6 fully saturated rings. The lowest BCUT2D eigenvalue weighted by atomic mass is 9.31. The number of ether oxygens (including phenoxy) is 1. The van der Waals surface area contributed by atoms with Gasteiger partial charge in [0.25, 0.3) is 0 Å². The Balaban J connectivity index is 1.39. The zero-order valence-corrected chi connectivity index (χ0v) is 22.1. The standard InChI is InChI=1S/C30H50O2/c1-25(2)14-16-30-17-15-28(6)19(23(30)24(25)32-18-30)8-9-21-27(5)12-11-22(31)26(3,4)20(27)10-13-29(21,28)7/h19-24,31H,8-18H2,1-7H3/t19-,20-,21+,22-,23-,24+,27-,28+,29+,30+/m0/s1. The van der Waals surface area contributed by atoms with Crippen LogP contribution in [0.3, 0.4) is 0 Å². The van der Waals surface area contributed by atoms with Gasteiger partial charge in [-0.2, -0.15) is 0 Å². The monoisotopic (exact) mass is 442 g/mol. The molecule has 5 saturated carbocycles. The van der Waals surface area contributed by atoms with E-state index >= 15 is 0 Å². The van der Waals surface area contributed by atoms with Gasteiger partial charge in [0.15, 0.2) is 0 Å². The molecule has 6 rings (SSSR count). The highest BCUT2D eigenvalue weighted by molar-refractivity contribution is 5.21. The summed E-state index contributed by atoms with van der Waals surface area (Å²) in [4.78, 5) is 0. The van der Waals surface area contributed by atoms with E-state index in [2.05, 4.69) is 48.5 Å². The van der Waals surface area contributed by atoms with Gasteiger partial charge in [0, 0.05) is 0 Å². The molecule has 10 atom stereocenters. The topological polar surface area (TPSA) is 29.5 Å². The van der Waals surface area contributed by atoms with E-state index in [0.717, 1.165) is 30.8 Å². The van der Waals surface area contributed by atoms with Crippen LogP contribution in [-0.4, -0.2) is 23.9 Å². The Morgan fingerprint density at radius 3 is 2.16 bits per heavy atom. The molecule has 0 aromatic carbocycles. The fourth-order valence-corrected chi connectivity index (χ4v) is 12.0. The van der Waals surface area contributed by atoms with Gasteiger partial charge in [-0.1, -0.05) is 48.5 Å². The minimum absolute atomic E-state index is 0.0586. The Morgan fingerprint density at radius 2 is 1.41 bits per heavy atom. The van der Waals surface area contributed by atoms with E-state index in [1.54, 1.807) is 0 Å².